The van der Waals surface area contributed by atoms with Gasteiger partial charge in [0, 0.05) is 19.8 Å². The van der Waals surface area contributed by atoms with Crippen LogP contribution in [0.1, 0.15) is 12.8 Å². The van der Waals surface area contributed by atoms with Gasteiger partial charge in [0.15, 0.2) is 0 Å². The van der Waals surface area contributed by atoms with E-state index in [1.165, 1.54) is 16.6 Å². The molecule has 112 valence electrons. The van der Waals surface area contributed by atoms with Gasteiger partial charge in [0.05, 0.1) is 0 Å². The Morgan fingerprint density at radius 1 is 1.45 bits per heavy atom. The van der Waals surface area contributed by atoms with Crippen LogP contribution in [0.2, 0.25) is 5.15 Å². The molecule has 7 heteroatoms. The number of hydrogen-bond acceptors (Lipinski definition) is 4. The number of piperidine rings is 1. The van der Waals surface area contributed by atoms with Gasteiger partial charge < -0.3 is 4.90 Å². The van der Waals surface area contributed by atoms with Crippen molar-refractivity contribution in [1.82, 2.24) is 14.2 Å². The Bertz CT molecular complexity index is 556. The minimum atomic E-state index is -3.56. The highest BCUT2D eigenvalue weighted by atomic mass is 35.5. The highest BCUT2D eigenvalue weighted by molar-refractivity contribution is 7.89. The van der Waals surface area contributed by atoms with Gasteiger partial charge in [-0.15, -0.1) is 0 Å². The predicted octanol–water partition coefficient (Wildman–Crippen LogP) is 1.70. The average Bonchev–Trinajstić information content (AvgIpc) is 2.41. The summed E-state index contributed by atoms with van der Waals surface area (Å²) in [5.74, 6) is 0.404. The highest BCUT2D eigenvalue weighted by Crippen LogP contribution is 2.24. The molecule has 0 N–H and O–H groups in total. The maximum atomic E-state index is 12.5. The third kappa shape index (κ3) is 3.49. The molecule has 0 unspecified atom stereocenters. The lowest BCUT2D eigenvalue weighted by Crippen LogP contribution is -2.38. The Hall–Kier alpha value is -0.690. The van der Waals surface area contributed by atoms with Gasteiger partial charge in [0.2, 0.25) is 10.0 Å². The second-order valence-electron chi connectivity index (χ2n) is 5.32. The van der Waals surface area contributed by atoms with Gasteiger partial charge in [-0.25, -0.2) is 17.7 Å². The van der Waals surface area contributed by atoms with Crippen molar-refractivity contribution in [2.24, 2.45) is 5.92 Å². The molecule has 0 bridgehead atoms. The van der Waals surface area contributed by atoms with Gasteiger partial charge in [-0.1, -0.05) is 11.6 Å². The van der Waals surface area contributed by atoms with Crippen LogP contribution in [-0.2, 0) is 10.0 Å². The number of rotatable bonds is 4. The Morgan fingerprint density at radius 2 is 2.10 bits per heavy atom. The third-order valence-corrected chi connectivity index (χ3v) is 6.03. The average molecular weight is 318 g/mol. The van der Waals surface area contributed by atoms with E-state index in [0.717, 1.165) is 25.9 Å². The summed E-state index contributed by atoms with van der Waals surface area (Å²) < 4.78 is 26.4. The fraction of sp³-hybridized carbons (Fsp3) is 0.615. The Morgan fingerprint density at radius 3 is 2.70 bits per heavy atom. The zero-order chi connectivity index (χ0) is 14.8. The lowest BCUT2D eigenvalue weighted by Gasteiger charge is -2.31. The quantitative estimate of drug-likeness (QED) is 0.793. The Kier molecular flexibility index (Phi) is 5.01. The summed E-state index contributed by atoms with van der Waals surface area (Å²) in [6, 6.07) is 3.08. The van der Waals surface area contributed by atoms with E-state index < -0.39 is 10.0 Å². The van der Waals surface area contributed by atoms with Crippen LogP contribution in [0.3, 0.4) is 0 Å². The first-order valence-corrected chi connectivity index (χ1v) is 8.48. The van der Waals surface area contributed by atoms with E-state index in [2.05, 4.69) is 16.9 Å². The van der Waals surface area contributed by atoms with Crippen molar-refractivity contribution in [3.63, 3.8) is 0 Å². The van der Waals surface area contributed by atoms with E-state index in [0.29, 0.717) is 12.5 Å². The monoisotopic (exact) mass is 317 g/mol. The van der Waals surface area contributed by atoms with E-state index in [1.54, 1.807) is 13.1 Å². The predicted molar refractivity (Wildman–Crippen MR) is 79.3 cm³/mol. The number of nitrogens with zero attached hydrogens (tertiary/aromatic N) is 3. The number of pyridine rings is 1. The van der Waals surface area contributed by atoms with Crippen LogP contribution in [0, 0.1) is 5.92 Å². The first-order chi connectivity index (χ1) is 9.41. The number of hydrogen-bond donors (Lipinski definition) is 0. The largest absolute Gasteiger partial charge is 0.306 e. The number of likely N-dealkylation sites (tertiary alicyclic amines) is 1. The summed E-state index contributed by atoms with van der Waals surface area (Å²) >= 11 is 5.89. The van der Waals surface area contributed by atoms with Crippen LogP contribution in [0.25, 0.3) is 0 Å². The maximum Gasteiger partial charge on any atom is 0.245 e. The molecule has 0 saturated carbocycles. The summed E-state index contributed by atoms with van der Waals surface area (Å²) in [7, 11) is 0.140. The molecule has 20 heavy (non-hydrogen) atoms. The van der Waals surface area contributed by atoms with Crippen molar-refractivity contribution in [3.05, 3.63) is 23.5 Å². The summed E-state index contributed by atoms with van der Waals surface area (Å²) in [6.45, 7) is 2.57. The molecule has 2 rings (SSSR count). The lowest BCUT2D eigenvalue weighted by molar-refractivity contribution is 0.202. The lowest BCUT2D eigenvalue weighted by atomic mass is 9.97. The van der Waals surface area contributed by atoms with Crippen molar-refractivity contribution in [1.29, 1.82) is 0 Å². The Balaban J connectivity index is 2.08. The number of aromatic nitrogens is 1. The van der Waals surface area contributed by atoms with Gasteiger partial charge >= 0.3 is 0 Å². The Labute approximate surface area is 125 Å². The number of halogens is 1. The van der Waals surface area contributed by atoms with Crippen LogP contribution >= 0.6 is 11.6 Å². The molecule has 0 radical (unpaired) electrons. The molecule has 1 aliphatic rings. The van der Waals surface area contributed by atoms with Crippen molar-refractivity contribution in [2.75, 3.05) is 33.7 Å². The summed E-state index contributed by atoms with van der Waals surface area (Å²) in [5, 5.41) is 0.0303. The normalized spacial score (nSPS) is 18.6. The van der Waals surface area contributed by atoms with Crippen LogP contribution in [-0.4, -0.2) is 56.3 Å². The minimum absolute atomic E-state index is 0.0303. The van der Waals surface area contributed by atoms with Gasteiger partial charge in [-0.05, 0) is 51.0 Å². The van der Waals surface area contributed by atoms with Crippen LogP contribution < -0.4 is 0 Å². The van der Waals surface area contributed by atoms with E-state index in [4.69, 9.17) is 11.6 Å². The maximum absolute atomic E-state index is 12.5. The molecular formula is C13H20ClN3O2S. The van der Waals surface area contributed by atoms with Gasteiger partial charge in [-0.2, -0.15) is 0 Å². The van der Waals surface area contributed by atoms with Crippen LogP contribution in [0.4, 0.5) is 0 Å². The molecule has 5 nitrogen and oxygen atoms in total. The third-order valence-electron chi connectivity index (χ3n) is 3.77. The standard InChI is InChI=1S/C13H20ClN3O2S/c1-16-8-5-11(6-9-16)10-17(2)20(18,19)12-4-3-7-15-13(12)14/h3-4,7,11H,5-6,8-10H2,1-2H3. The summed E-state index contributed by atoms with van der Waals surface area (Å²) in [6.07, 6.45) is 3.53. The fourth-order valence-electron chi connectivity index (χ4n) is 2.44. The molecule has 1 saturated heterocycles. The molecule has 0 atom stereocenters. The van der Waals surface area contributed by atoms with Crippen molar-refractivity contribution >= 4 is 21.6 Å². The molecule has 0 amide bonds. The molecule has 0 spiro atoms. The second-order valence-corrected chi connectivity index (χ2v) is 7.70. The number of sulfonamides is 1. The molecule has 0 aliphatic carbocycles. The molecule has 0 aromatic carbocycles. The van der Waals surface area contributed by atoms with E-state index in [-0.39, 0.29) is 10.0 Å². The van der Waals surface area contributed by atoms with E-state index in [9.17, 15) is 8.42 Å². The molecule has 1 aliphatic heterocycles. The second kappa shape index (κ2) is 6.39. The first-order valence-electron chi connectivity index (χ1n) is 6.66. The molecule has 1 fully saturated rings. The summed E-state index contributed by atoms with van der Waals surface area (Å²) in [5.41, 5.74) is 0. The van der Waals surface area contributed by atoms with Crippen molar-refractivity contribution in [3.8, 4) is 0 Å². The van der Waals surface area contributed by atoms with Crippen LogP contribution in [0.5, 0.6) is 0 Å². The molecular weight excluding hydrogens is 298 g/mol. The van der Waals surface area contributed by atoms with E-state index >= 15 is 0 Å². The van der Waals surface area contributed by atoms with Crippen molar-refractivity contribution < 1.29 is 8.42 Å². The van der Waals surface area contributed by atoms with Crippen molar-refractivity contribution in [2.45, 2.75) is 17.7 Å². The highest BCUT2D eigenvalue weighted by Gasteiger charge is 2.27. The zero-order valence-electron chi connectivity index (χ0n) is 11.8. The zero-order valence-corrected chi connectivity index (χ0v) is 13.4. The first kappa shape index (κ1) is 15.7. The smallest absolute Gasteiger partial charge is 0.245 e. The summed E-state index contributed by atoms with van der Waals surface area (Å²) in [4.78, 5) is 6.18. The molecule has 1 aromatic rings. The topological polar surface area (TPSA) is 53.5 Å². The fourth-order valence-corrected chi connectivity index (χ4v) is 4.11. The van der Waals surface area contributed by atoms with Gasteiger partial charge in [0.1, 0.15) is 10.0 Å². The SMILES string of the molecule is CN1CCC(CN(C)S(=O)(=O)c2cccnc2Cl)CC1. The minimum Gasteiger partial charge on any atom is -0.306 e. The van der Waals surface area contributed by atoms with Gasteiger partial charge in [0.25, 0.3) is 0 Å². The van der Waals surface area contributed by atoms with Crippen LogP contribution in [0.15, 0.2) is 23.2 Å². The van der Waals surface area contributed by atoms with Gasteiger partial charge in [-0.3, -0.25) is 0 Å². The molecule has 2 heterocycles. The van der Waals surface area contributed by atoms with E-state index in [1.807, 2.05) is 0 Å². The molecule has 1 aromatic heterocycles.